The summed E-state index contributed by atoms with van der Waals surface area (Å²) >= 11 is 0. The number of amides is 2. The van der Waals surface area contributed by atoms with Crippen LogP contribution >= 0.6 is 0 Å². The molecule has 0 fully saturated rings. The maximum atomic E-state index is 11.8. The number of nitrogens with one attached hydrogen (secondary N) is 2. The van der Waals surface area contributed by atoms with Gasteiger partial charge < -0.3 is 10.4 Å². The molecule has 7 nitrogen and oxygen atoms in total. The number of unbranched alkanes of at least 4 members (excludes halogenated alkanes) is 3. The molecule has 0 saturated carbocycles. The van der Waals surface area contributed by atoms with E-state index in [1.807, 2.05) is 0 Å². The zero-order chi connectivity index (χ0) is 16.4. The van der Waals surface area contributed by atoms with Crippen molar-refractivity contribution >= 4 is 23.5 Å². The van der Waals surface area contributed by atoms with Gasteiger partial charge in [0.1, 0.15) is 0 Å². The highest BCUT2D eigenvalue weighted by molar-refractivity contribution is 6.00. The first-order chi connectivity index (χ1) is 10.5. The maximum Gasteiger partial charge on any atom is 0.337 e. The fourth-order valence-corrected chi connectivity index (χ4v) is 1.97. The van der Waals surface area contributed by atoms with E-state index >= 15 is 0 Å². The molecule has 0 atom stereocenters. The van der Waals surface area contributed by atoms with Gasteiger partial charge in [0, 0.05) is 12.8 Å². The molecule has 1 rings (SSSR count). The number of hydrogen-bond acceptors (Lipinski definition) is 4. The molecule has 1 aromatic carbocycles. The molecule has 7 heteroatoms. The van der Waals surface area contributed by atoms with Crippen LogP contribution < -0.4 is 10.8 Å². The zero-order valence-corrected chi connectivity index (χ0v) is 12.2. The molecule has 0 aliphatic carbocycles. The van der Waals surface area contributed by atoms with E-state index in [2.05, 4.69) is 5.32 Å². The second-order valence-corrected chi connectivity index (χ2v) is 4.85. The van der Waals surface area contributed by atoms with E-state index in [4.69, 9.17) is 10.3 Å². The van der Waals surface area contributed by atoms with Crippen LogP contribution in [0.1, 0.15) is 48.9 Å². The molecular formula is C15H20N2O5. The molecule has 120 valence electrons. The van der Waals surface area contributed by atoms with Crippen LogP contribution in [0.2, 0.25) is 0 Å². The molecule has 0 unspecified atom stereocenters. The predicted molar refractivity (Wildman–Crippen MR) is 79.7 cm³/mol. The van der Waals surface area contributed by atoms with E-state index in [0.29, 0.717) is 24.9 Å². The van der Waals surface area contributed by atoms with Crippen molar-refractivity contribution in [1.82, 2.24) is 5.48 Å². The lowest BCUT2D eigenvalue weighted by Crippen LogP contribution is -2.17. The molecule has 0 aliphatic rings. The summed E-state index contributed by atoms with van der Waals surface area (Å²) in [6, 6.07) is 6.24. The van der Waals surface area contributed by atoms with E-state index in [9.17, 15) is 14.4 Å². The van der Waals surface area contributed by atoms with E-state index in [1.165, 1.54) is 6.07 Å². The quantitative estimate of drug-likeness (QED) is 0.317. The van der Waals surface area contributed by atoms with Crippen molar-refractivity contribution in [3.8, 4) is 0 Å². The van der Waals surface area contributed by atoms with Crippen molar-refractivity contribution < 1.29 is 24.7 Å². The van der Waals surface area contributed by atoms with E-state index < -0.39 is 11.9 Å². The number of benzene rings is 1. The number of carbonyl (C=O) groups excluding carboxylic acids is 2. The van der Waals surface area contributed by atoms with Crippen LogP contribution in [0.4, 0.5) is 5.69 Å². The largest absolute Gasteiger partial charge is 0.478 e. The lowest BCUT2D eigenvalue weighted by atomic mass is 10.1. The Morgan fingerprint density at radius 2 is 1.50 bits per heavy atom. The van der Waals surface area contributed by atoms with E-state index in [0.717, 1.165) is 12.8 Å². The molecule has 0 aromatic heterocycles. The van der Waals surface area contributed by atoms with Crippen molar-refractivity contribution in [3.63, 3.8) is 0 Å². The summed E-state index contributed by atoms with van der Waals surface area (Å²) < 4.78 is 0. The van der Waals surface area contributed by atoms with Gasteiger partial charge in [0.15, 0.2) is 0 Å². The average molecular weight is 308 g/mol. The van der Waals surface area contributed by atoms with Crippen LogP contribution in [-0.2, 0) is 9.59 Å². The molecule has 22 heavy (non-hydrogen) atoms. The van der Waals surface area contributed by atoms with Crippen molar-refractivity contribution in [2.24, 2.45) is 0 Å². The SMILES string of the molecule is O=C(CCCCCCC(=O)Nc1ccccc1C(=O)O)NO. The lowest BCUT2D eigenvalue weighted by molar-refractivity contribution is -0.129. The van der Waals surface area contributed by atoms with Gasteiger partial charge in [-0.1, -0.05) is 25.0 Å². The number of carboxylic acids is 1. The molecule has 0 spiro atoms. The molecule has 1 aromatic rings. The normalized spacial score (nSPS) is 10.0. The number of hydroxylamine groups is 1. The topological polar surface area (TPSA) is 116 Å². The molecule has 0 aliphatic heterocycles. The van der Waals surface area contributed by atoms with Gasteiger partial charge in [0.05, 0.1) is 11.3 Å². The van der Waals surface area contributed by atoms with Gasteiger partial charge in [-0.2, -0.15) is 0 Å². The lowest BCUT2D eigenvalue weighted by Gasteiger charge is -2.08. The van der Waals surface area contributed by atoms with Crippen molar-refractivity contribution in [2.75, 3.05) is 5.32 Å². The summed E-state index contributed by atoms with van der Waals surface area (Å²) in [6.07, 6.45) is 3.42. The van der Waals surface area contributed by atoms with Gasteiger partial charge in [-0.3, -0.25) is 14.8 Å². The molecule has 2 amide bonds. The Hall–Kier alpha value is -2.41. The van der Waals surface area contributed by atoms with Crippen LogP contribution in [0.15, 0.2) is 24.3 Å². The third-order valence-electron chi connectivity index (χ3n) is 3.11. The van der Waals surface area contributed by atoms with Crippen molar-refractivity contribution in [1.29, 1.82) is 0 Å². The second-order valence-electron chi connectivity index (χ2n) is 4.85. The molecule has 0 heterocycles. The highest BCUT2D eigenvalue weighted by atomic mass is 16.5. The van der Waals surface area contributed by atoms with Gasteiger partial charge in [0.25, 0.3) is 0 Å². The highest BCUT2D eigenvalue weighted by Gasteiger charge is 2.11. The number of rotatable bonds is 9. The van der Waals surface area contributed by atoms with Gasteiger partial charge >= 0.3 is 5.97 Å². The van der Waals surface area contributed by atoms with Crippen LogP contribution in [-0.4, -0.2) is 28.1 Å². The first kappa shape index (κ1) is 17.6. The third kappa shape index (κ3) is 6.36. The van der Waals surface area contributed by atoms with Gasteiger partial charge in [-0.15, -0.1) is 0 Å². The van der Waals surface area contributed by atoms with E-state index in [-0.39, 0.29) is 17.9 Å². The molecule has 0 bridgehead atoms. The summed E-state index contributed by atoms with van der Waals surface area (Å²) in [5.41, 5.74) is 1.92. The number of aromatic carboxylic acids is 1. The first-order valence-corrected chi connectivity index (χ1v) is 7.09. The monoisotopic (exact) mass is 308 g/mol. The standard InChI is InChI=1S/C15H20N2O5/c18-13(9-3-1-2-4-10-14(19)17-22)16-12-8-6-5-7-11(12)15(20)21/h5-8,22H,1-4,9-10H2,(H,16,18)(H,17,19)(H,20,21). The van der Waals surface area contributed by atoms with Crippen molar-refractivity contribution in [3.05, 3.63) is 29.8 Å². The fraction of sp³-hybridized carbons (Fsp3) is 0.400. The third-order valence-corrected chi connectivity index (χ3v) is 3.11. The number of anilines is 1. The Morgan fingerprint density at radius 3 is 2.09 bits per heavy atom. The Bertz CT molecular complexity index is 530. The Balaban J connectivity index is 2.27. The van der Waals surface area contributed by atoms with Crippen LogP contribution in [0.5, 0.6) is 0 Å². The van der Waals surface area contributed by atoms with Gasteiger partial charge in [-0.25, -0.2) is 10.3 Å². The summed E-state index contributed by atoms with van der Waals surface area (Å²) in [5.74, 6) is -1.73. The van der Waals surface area contributed by atoms with Gasteiger partial charge in [-0.05, 0) is 25.0 Å². The van der Waals surface area contributed by atoms with Crippen LogP contribution in [0.3, 0.4) is 0 Å². The van der Waals surface area contributed by atoms with Crippen LogP contribution in [0, 0.1) is 0 Å². The second kappa shape index (κ2) is 9.51. The highest BCUT2D eigenvalue weighted by Crippen LogP contribution is 2.15. The summed E-state index contributed by atoms with van der Waals surface area (Å²) in [5, 5.41) is 19.9. The van der Waals surface area contributed by atoms with Gasteiger partial charge in [0.2, 0.25) is 11.8 Å². The summed E-state index contributed by atoms with van der Waals surface area (Å²) in [6.45, 7) is 0. The minimum atomic E-state index is -1.09. The fourth-order valence-electron chi connectivity index (χ4n) is 1.97. The predicted octanol–water partition coefficient (Wildman–Crippen LogP) is 2.17. The Labute approximate surface area is 128 Å². The first-order valence-electron chi connectivity index (χ1n) is 7.09. The molecule has 0 radical (unpaired) electrons. The maximum absolute atomic E-state index is 11.8. The molecule has 0 saturated heterocycles. The Morgan fingerprint density at radius 1 is 0.909 bits per heavy atom. The number of carbonyl (C=O) groups is 3. The summed E-state index contributed by atoms with van der Waals surface area (Å²) in [7, 11) is 0. The number of carboxylic acid groups (broad SMARTS) is 1. The molecule has 4 N–H and O–H groups in total. The number of hydrogen-bond donors (Lipinski definition) is 4. The van der Waals surface area contributed by atoms with Crippen LogP contribution in [0.25, 0.3) is 0 Å². The van der Waals surface area contributed by atoms with Crippen molar-refractivity contribution in [2.45, 2.75) is 38.5 Å². The Kier molecular flexibility index (Phi) is 7.63. The average Bonchev–Trinajstić information content (AvgIpc) is 2.50. The molecular weight excluding hydrogens is 288 g/mol. The zero-order valence-electron chi connectivity index (χ0n) is 12.2. The minimum absolute atomic E-state index is 0.0610. The summed E-state index contributed by atoms with van der Waals surface area (Å²) in [4.78, 5) is 33.6. The van der Waals surface area contributed by atoms with E-state index in [1.54, 1.807) is 23.7 Å². The number of para-hydroxylation sites is 1. The minimum Gasteiger partial charge on any atom is -0.478 e. The smallest absolute Gasteiger partial charge is 0.337 e.